The predicted octanol–water partition coefficient (Wildman–Crippen LogP) is 8.22. The van der Waals surface area contributed by atoms with Crippen LogP contribution in [0.5, 0.6) is 11.5 Å². The highest BCUT2D eigenvalue weighted by atomic mass is 16.5. The molecular weight excluding hydrogens is 600 g/mol. The van der Waals surface area contributed by atoms with Gasteiger partial charge >= 0.3 is 5.97 Å². The van der Waals surface area contributed by atoms with E-state index in [9.17, 15) is 9.59 Å². The second-order valence-corrected chi connectivity index (χ2v) is 13.8. The summed E-state index contributed by atoms with van der Waals surface area (Å²) in [5.41, 5.74) is 4.19. The van der Waals surface area contributed by atoms with Gasteiger partial charge in [-0.05, 0) is 93.0 Å². The van der Waals surface area contributed by atoms with Crippen molar-refractivity contribution in [2.45, 2.75) is 91.1 Å². The van der Waals surface area contributed by atoms with Crippen molar-refractivity contribution in [2.24, 2.45) is 11.8 Å². The van der Waals surface area contributed by atoms with Crippen molar-refractivity contribution in [2.75, 3.05) is 19.6 Å². The topological polar surface area (TPSA) is 77.1 Å². The van der Waals surface area contributed by atoms with Gasteiger partial charge in [-0.2, -0.15) is 0 Å². The summed E-state index contributed by atoms with van der Waals surface area (Å²) in [6.45, 7) is 13.1. The van der Waals surface area contributed by atoms with Gasteiger partial charge in [0.15, 0.2) is 0 Å². The van der Waals surface area contributed by atoms with Crippen LogP contribution in [0.1, 0.15) is 92.8 Å². The predicted molar refractivity (Wildman–Crippen MR) is 191 cm³/mol. The van der Waals surface area contributed by atoms with E-state index in [2.05, 4.69) is 25.7 Å². The van der Waals surface area contributed by atoms with E-state index in [1.165, 1.54) is 0 Å². The van der Waals surface area contributed by atoms with E-state index in [-0.39, 0.29) is 24.0 Å². The number of piperidine rings is 1. The summed E-state index contributed by atoms with van der Waals surface area (Å²) in [6.07, 6.45) is 6.77. The first kappa shape index (κ1) is 35.2. The summed E-state index contributed by atoms with van der Waals surface area (Å²) in [4.78, 5) is 29.1. The number of likely N-dealkylation sites (tertiary alicyclic amines) is 1. The Labute approximate surface area is 286 Å². The van der Waals surface area contributed by atoms with Crippen molar-refractivity contribution in [1.29, 1.82) is 0 Å². The maximum atomic E-state index is 14.1. The normalized spacial score (nSPS) is 16.1. The van der Waals surface area contributed by atoms with Crippen molar-refractivity contribution in [3.05, 3.63) is 102 Å². The molecule has 0 unspecified atom stereocenters. The van der Waals surface area contributed by atoms with Gasteiger partial charge in [0.25, 0.3) is 5.91 Å². The Morgan fingerprint density at radius 3 is 1.94 bits per heavy atom. The number of nitrogens with one attached hydrogen (secondary N) is 1. The van der Waals surface area contributed by atoms with E-state index in [0.717, 1.165) is 73.8 Å². The lowest BCUT2D eigenvalue weighted by Gasteiger charge is -2.33. The first-order valence-electron chi connectivity index (χ1n) is 17.7. The number of ether oxygens (including phenoxy) is 3. The molecule has 0 radical (unpaired) electrons. The summed E-state index contributed by atoms with van der Waals surface area (Å²) in [5.74, 6) is 1.72. The number of allylic oxidation sites excluding steroid dienone is 1. The zero-order valence-corrected chi connectivity index (χ0v) is 28.9. The zero-order chi connectivity index (χ0) is 33.9. The quantitative estimate of drug-likeness (QED) is 0.167. The maximum absolute atomic E-state index is 14.1. The molecule has 1 aliphatic heterocycles. The van der Waals surface area contributed by atoms with E-state index in [1.807, 2.05) is 84.6 Å². The third-order valence-corrected chi connectivity index (χ3v) is 9.38. The molecular formula is C41H52N2O5. The molecule has 3 aromatic rings. The molecule has 1 N–H and O–H groups in total. The van der Waals surface area contributed by atoms with Crippen LogP contribution in [-0.4, -0.2) is 48.6 Å². The molecule has 256 valence electrons. The molecule has 2 fully saturated rings. The molecule has 1 heterocycles. The van der Waals surface area contributed by atoms with Gasteiger partial charge in [0.05, 0.1) is 5.56 Å². The van der Waals surface area contributed by atoms with Crippen molar-refractivity contribution < 1.29 is 23.8 Å². The van der Waals surface area contributed by atoms with Crippen molar-refractivity contribution in [3.63, 3.8) is 0 Å². The van der Waals surface area contributed by atoms with Crippen molar-refractivity contribution in [1.82, 2.24) is 10.2 Å². The molecule has 5 rings (SSSR count). The SMILES string of the molecule is C=C(C)c1cc(C(=O)N2CCC(CN[C@@H](CC(C)C)C(=O)OC3CCCC3)CC2)c(OCc2ccccc2)cc1OCc1ccccc1. The van der Waals surface area contributed by atoms with Crippen LogP contribution in [0.3, 0.4) is 0 Å². The summed E-state index contributed by atoms with van der Waals surface area (Å²) in [7, 11) is 0. The number of hydrogen-bond acceptors (Lipinski definition) is 6. The second-order valence-electron chi connectivity index (χ2n) is 13.8. The Morgan fingerprint density at radius 1 is 0.833 bits per heavy atom. The Balaban J connectivity index is 1.26. The largest absolute Gasteiger partial charge is 0.488 e. The fraction of sp³-hybridized carbons (Fsp3) is 0.463. The average molecular weight is 653 g/mol. The van der Waals surface area contributed by atoms with Crippen LogP contribution in [0, 0.1) is 11.8 Å². The van der Waals surface area contributed by atoms with E-state index >= 15 is 0 Å². The van der Waals surface area contributed by atoms with Crippen molar-refractivity contribution in [3.8, 4) is 11.5 Å². The highest BCUT2D eigenvalue weighted by molar-refractivity contribution is 5.98. The number of benzene rings is 3. The molecule has 1 aliphatic carbocycles. The number of carbonyl (C=O) groups is 2. The highest BCUT2D eigenvalue weighted by Gasteiger charge is 2.30. The second kappa shape index (κ2) is 17.3. The number of rotatable bonds is 15. The van der Waals surface area contributed by atoms with E-state index in [1.54, 1.807) is 0 Å². The van der Waals surface area contributed by atoms with E-state index in [0.29, 0.717) is 55.2 Å². The fourth-order valence-electron chi connectivity index (χ4n) is 6.58. The average Bonchev–Trinajstić information content (AvgIpc) is 3.61. The first-order chi connectivity index (χ1) is 23.3. The number of amides is 1. The number of nitrogens with zero attached hydrogens (tertiary/aromatic N) is 1. The van der Waals surface area contributed by atoms with E-state index < -0.39 is 0 Å². The number of carbonyl (C=O) groups excluding carboxylic acids is 2. The van der Waals surface area contributed by atoms with Gasteiger partial charge in [-0.1, -0.05) is 81.1 Å². The van der Waals surface area contributed by atoms with Crippen LogP contribution in [0.25, 0.3) is 5.57 Å². The third-order valence-electron chi connectivity index (χ3n) is 9.38. The minimum atomic E-state index is -0.294. The summed E-state index contributed by atoms with van der Waals surface area (Å²) in [6, 6.07) is 23.4. The van der Waals surface area contributed by atoms with Gasteiger partial charge in [-0.15, -0.1) is 0 Å². The van der Waals surface area contributed by atoms with Gasteiger partial charge in [0.1, 0.15) is 36.9 Å². The minimum absolute atomic E-state index is 0.0561. The zero-order valence-electron chi connectivity index (χ0n) is 28.9. The minimum Gasteiger partial charge on any atom is -0.488 e. The molecule has 1 amide bonds. The lowest BCUT2D eigenvalue weighted by atomic mass is 9.94. The molecule has 48 heavy (non-hydrogen) atoms. The first-order valence-corrected chi connectivity index (χ1v) is 17.7. The molecule has 0 bridgehead atoms. The maximum Gasteiger partial charge on any atom is 0.323 e. The standard InChI is InChI=1S/C41H52N2O5/c1-29(2)23-37(41(45)48-34-17-11-12-18-34)42-26-31-19-21-43(22-20-31)40(44)36-24-35(30(3)4)38(46-27-32-13-7-5-8-14-32)25-39(36)47-28-33-15-9-6-10-16-33/h5-10,13-16,24-25,29,31,34,37,42H,3,11-12,17-23,26-28H2,1-2,4H3/t37-/m0/s1. The number of hydrogen-bond donors (Lipinski definition) is 1. The van der Waals surface area contributed by atoms with Crippen LogP contribution < -0.4 is 14.8 Å². The van der Waals surface area contributed by atoms with E-state index in [4.69, 9.17) is 14.2 Å². The van der Waals surface area contributed by atoms with Gasteiger partial charge in [0, 0.05) is 24.7 Å². The van der Waals surface area contributed by atoms with Crippen LogP contribution >= 0.6 is 0 Å². The summed E-state index contributed by atoms with van der Waals surface area (Å²) >= 11 is 0. The van der Waals surface area contributed by atoms with Gasteiger partial charge in [-0.3, -0.25) is 9.59 Å². The van der Waals surface area contributed by atoms with Gasteiger partial charge < -0.3 is 24.4 Å². The van der Waals surface area contributed by atoms with Crippen LogP contribution in [0.2, 0.25) is 0 Å². The van der Waals surface area contributed by atoms with Crippen LogP contribution in [-0.2, 0) is 22.7 Å². The Hall–Kier alpha value is -4.10. The van der Waals surface area contributed by atoms with Gasteiger partial charge in [0.2, 0.25) is 0 Å². The van der Waals surface area contributed by atoms with Crippen LogP contribution in [0.15, 0.2) is 79.4 Å². The van der Waals surface area contributed by atoms with Gasteiger partial charge in [-0.25, -0.2) is 0 Å². The monoisotopic (exact) mass is 652 g/mol. The molecule has 7 nitrogen and oxygen atoms in total. The Bertz CT molecular complexity index is 1490. The summed E-state index contributed by atoms with van der Waals surface area (Å²) < 4.78 is 18.5. The lowest BCUT2D eigenvalue weighted by molar-refractivity contribution is -0.151. The Kier molecular flexibility index (Phi) is 12.7. The Morgan fingerprint density at radius 2 is 1.40 bits per heavy atom. The third kappa shape index (κ3) is 9.96. The van der Waals surface area contributed by atoms with Crippen molar-refractivity contribution >= 4 is 17.4 Å². The number of esters is 1. The molecule has 2 aliphatic rings. The fourth-order valence-corrected chi connectivity index (χ4v) is 6.58. The molecule has 3 aromatic carbocycles. The lowest BCUT2D eigenvalue weighted by Crippen LogP contribution is -2.45. The molecule has 0 spiro atoms. The van der Waals surface area contributed by atoms with Crippen LogP contribution in [0.4, 0.5) is 0 Å². The molecule has 0 aromatic heterocycles. The smallest absolute Gasteiger partial charge is 0.323 e. The molecule has 7 heteroatoms. The summed E-state index contributed by atoms with van der Waals surface area (Å²) in [5, 5.41) is 3.54. The molecule has 1 atom stereocenters. The molecule has 1 saturated carbocycles. The molecule has 1 saturated heterocycles. The highest BCUT2D eigenvalue weighted by Crippen LogP contribution is 2.35.